The summed E-state index contributed by atoms with van der Waals surface area (Å²) < 4.78 is 6.32. The number of hydrogen-bond donors (Lipinski definition) is 0. The Balaban J connectivity index is 3.31. The highest BCUT2D eigenvalue weighted by atomic mass is 79.9. The molecule has 0 fully saturated rings. The third-order valence-corrected chi connectivity index (χ3v) is 1.89. The number of aryl methyl sites for hydroxylation is 1. The second-order valence-corrected chi connectivity index (χ2v) is 2.58. The molecule has 1 heterocycles. The van der Waals surface area contributed by atoms with Gasteiger partial charge in [0.15, 0.2) is 0 Å². The lowest BCUT2D eigenvalue weighted by Crippen LogP contribution is -2.13. The highest BCUT2D eigenvalue weighted by molar-refractivity contribution is 9.08. The van der Waals surface area contributed by atoms with Crippen molar-refractivity contribution in [3.05, 3.63) is 21.7 Å². The molecule has 0 aliphatic heterocycles. The lowest BCUT2D eigenvalue weighted by Gasteiger charge is -1.87. The Morgan fingerprint density at radius 2 is 2.20 bits per heavy atom. The molecule has 0 spiro atoms. The predicted octanol–water partition coefficient (Wildman–Crippen LogP) is 1.41. The lowest BCUT2D eigenvalue weighted by atomic mass is 10.3. The van der Waals surface area contributed by atoms with Gasteiger partial charge in [0.2, 0.25) is 0 Å². The molecule has 0 saturated heterocycles. The van der Waals surface area contributed by atoms with Crippen molar-refractivity contribution >= 4 is 15.9 Å². The number of aromatic nitrogens is 1. The first-order valence-electron chi connectivity index (χ1n) is 2.90. The topological polar surface area (TPSA) is 35.1 Å². The van der Waals surface area contributed by atoms with Gasteiger partial charge >= 0.3 is 0 Å². The minimum absolute atomic E-state index is 0.0608. The van der Waals surface area contributed by atoms with Crippen LogP contribution < -0.4 is 5.56 Å². The molecule has 0 atom stereocenters. The van der Waals surface area contributed by atoms with Gasteiger partial charge in [0, 0.05) is 0 Å². The molecule has 56 valence electrons. The first-order valence-corrected chi connectivity index (χ1v) is 4.02. The molecule has 0 saturated carbocycles. The molecule has 1 rings (SSSR count). The summed E-state index contributed by atoms with van der Waals surface area (Å²) in [5, 5.41) is 0. The summed E-state index contributed by atoms with van der Waals surface area (Å²) in [6.45, 7) is 3.52. The van der Waals surface area contributed by atoms with E-state index in [1.165, 1.54) is 4.74 Å². The molecular formula is C6H8BrNO2. The Kier molecular flexibility index (Phi) is 1.99. The van der Waals surface area contributed by atoms with Crippen LogP contribution in [0.2, 0.25) is 0 Å². The summed E-state index contributed by atoms with van der Waals surface area (Å²) >= 11 is 3.12. The second kappa shape index (κ2) is 2.62. The molecule has 0 bridgehead atoms. The normalized spacial score (nSPS) is 10.3. The largest absolute Gasteiger partial charge is 0.380 e. The van der Waals surface area contributed by atoms with E-state index in [1.807, 2.05) is 0 Å². The maximum atomic E-state index is 11.1. The highest BCUT2D eigenvalue weighted by Gasteiger charge is 2.06. The number of nitrogens with zero attached hydrogens (tertiary/aromatic N) is 1. The summed E-state index contributed by atoms with van der Waals surface area (Å²) in [4.78, 5) is 11.1. The van der Waals surface area contributed by atoms with Crippen LogP contribution in [0.5, 0.6) is 0 Å². The van der Waals surface area contributed by atoms with Gasteiger partial charge in [0.25, 0.3) is 5.56 Å². The quantitative estimate of drug-likeness (QED) is 0.651. The van der Waals surface area contributed by atoms with E-state index in [0.29, 0.717) is 16.8 Å². The average molecular weight is 206 g/mol. The van der Waals surface area contributed by atoms with Crippen LogP contribution in [-0.4, -0.2) is 4.74 Å². The van der Waals surface area contributed by atoms with Crippen LogP contribution in [-0.2, 0) is 5.45 Å². The van der Waals surface area contributed by atoms with Gasteiger partial charge in [-0.15, -0.1) is 0 Å². The van der Waals surface area contributed by atoms with Crippen LogP contribution in [0.4, 0.5) is 0 Å². The highest BCUT2D eigenvalue weighted by Crippen LogP contribution is 2.01. The van der Waals surface area contributed by atoms with Gasteiger partial charge in [-0.3, -0.25) is 4.79 Å². The second-order valence-electron chi connectivity index (χ2n) is 2.08. The maximum absolute atomic E-state index is 11.1. The van der Waals surface area contributed by atoms with Gasteiger partial charge in [0.1, 0.15) is 11.2 Å². The standard InChI is InChI=1S/C6H8BrNO2/c1-4-5(2)10-8(3-7)6(4)9/h3H2,1-2H3. The fraction of sp³-hybridized carbons (Fsp3) is 0.500. The van der Waals surface area contributed by atoms with E-state index >= 15 is 0 Å². The molecular weight excluding hydrogens is 198 g/mol. The third-order valence-electron chi connectivity index (χ3n) is 1.43. The molecule has 0 aromatic carbocycles. The van der Waals surface area contributed by atoms with Crippen molar-refractivity contribution < 1.29 is 4.52 Å². The third kappa shape index (κ3) is 1.03. The van der Waals surface area contributed by atoms with Gasteiger partial charge in [-0.2, -0.15) is 4.74 Å². The Bertz CT molecular complexity index is 286. The van der Waals surface area contributed by atoms with Crippen LogP contribution in [0.15, 0.2) is 9.32 Å². The molecule has 1 aromatic heterocycles. The minimum Gasteiger partial charge on any atom is -0.380 e. The Morgan fingerprint density at radius 3 is 2.40 bits per heavy atom. The van der Waals surface area contributed by atoms with Gasteiger partial charge in [-0.25, -0.2) is 0 Å². The lowest BCUT2D eigenvalue weighted by molar-refractivity contribution is 0.281. The Hall–Kier alpha value is -0.510. The van der Waals surface area contributed by atoms with E-state index in [1.54, 1.807) is 13.8 Å². The summed E-state index contributed by atoms with van der Waals surface area (Å²) in [6.07, 6.45) is 0. The van der Waals surface area contributed by atoms with Crippen molar-refractivity contribution in [2.24, 2.45) is 0 Å². The first kappa shape index (κ1) is 7.60. The zero-order chi connectivity index (χ0) is 7.72. The summed E-state index contributed by atoms with van der Waals surface area (Å²) in [7, 11) is 0. The molecule has 0 amide bonds. The van der Waals surface area contributed by atoms with E-state index in [9.17, 15) is 4.79 Å². The van der Waals surface area contributed by atoms with E-state index in [0.717, 1.165) is 0 Å². The number of rotatable bonds is 1. The van der Waals surface area contributed by atoms with E-state index < -0.39 is 0 Å². The molecule has 0 N–H and O–H groups in total. The first-order chi connectivity index (χ1) is 4.66. The smallest absolute Gasteiger partial charge is 0.286 e. The fourth-order valence-electron chi connectivity index (χ4n) is 0.692. The minimum atomic E-state index is -0.0608. The SMILES string of the molecule is Cc1on(CBr)c(=O)c1C. The van der Waals surface area contributed by atoms with Crippen LogP contribution >= 0.6 is 15.9 Å². The maximum Gasteiger partial charge on any atom is 0.286 e. The van der Waals surface area contributed by atoms with Crippen LogP contribution in [0.1, 0.15) is 11.3 Å². The van der Waals surface area contributed by atoms with E-state index in [4.69, 9.17) is 4.52 Å². The zero-order valence-electron chi connectivity index (χ0n) is 5.85. The van der Waals surface area contributed by atoms with Crippen molar-refractivity contribution in [3.63, 3.8) is 0 Å². The average Bonchev–Trinajstić information content (AvgIpc) is 2.17. The van der Waals surface area contributed by atoms with Gasteiger partial charge in [-0.1, -0.05) is 15.9 Å². The van der Waals surface area contributed by atoms with Crippen LogP contribution in [0.25, 0.3) is 0 Å². The molecule has 4 heteroatoms. The molecule has 10 heavy (non-hydrogen) atoms. The van der Waals surface area contributed by atoms with Crippen molar-refractivity contribution in [2.75, 3.05) is 0 Å². The van der Waals surface area contributed by atoms with Crippen molar-refractivity contribution in [1.82, 2.24) is 4.74 Å². The van der Waals surface area contributed by atoms with Crippen LogP contribution in [0.3, 0.4) is 0 Å². The molecule has 3 nitrogen and oxygen atoms in total. The van der Waals surface area contributed by atoms with Gasteiger partial charge in [0.05, 0.1) is 5.56 Å². The van der Waals surface area contributed by atoms with E-state index in [2.05, 4.69) is 15.9 Å². The van der Waals surface area contributed by atoms with Crippen LogP contribution in [0, 0.1) is 13.8 Å². The Morgan fingerprint density at radius 1 is 1.60 bits per heavy atom. The molecule has 0 aliphatic carbocycles. The monoisotopic (exact) mass is 205 g/mol. The summed E-state index contributed by atoms with van der Waals surface area (Å²) in [6, 6.07) is 0. The molecule has 0 radical (unpaired) electrons. The fourth-order valence-corrected chi connectivity index (χ4v) is 1.02. The zero-order valence-corrected chi connectivity index (χ0v) is 7.43. The molecule has 0 aliphatic rings. The van der Waals surface area contributed by atoms with E-state index in [-0.39, 0.29) is 5.56 Å². The van der Waals surface area contributed by atoms with Gasteiger partial charge < -0.3 is 4.52 Å². The van der Waals surface area contributed by atoms with Crippen molar-refractivity contribution in [3.8, 4) is 0 Å². The summed E-state index contributed by atoms with van der Waals surface area (Å²) in [5.41, 5.74) is 1.04. The molecule has 0 unspecified atom stereocenters. The Labute approximate surface area is 66.7 Å². The molecule has 1 aromatic rings. The van der Waals surface area contributed by atoms with Gasteiger partial charge in [-0.05, 0) is 13.8 Å². The summed E-state index contributed by atoms with van der Waals surface area (Å²) in [5.74, 6) is 0.685. The predicted molar refractivity (Wildman–Crippen MR) is 41.4 cm³/mol. The van der Waals surface area contributed by atoms with Crippen molar-refractivity contribution in [1.29, 1.82) is 0 Å². The number of halogens is 1. The number of alkyl halides is 1. The van der Waals surface area contributed by atoms with Crippen molar-refractivity contribution in [2.45, 2.75) is 19.3 Å². The number of hydrogen-bond acceptors (Lipinski definition) is 2.